The minimum Gasteiger partial charge on any atom is -0.0863 e. The van der Waals surface area contributed by atoms with Crippen LogP contribution in [0.4, 0.5) is 0 Å². The van der Waals surface area contributed by atoms with Gasteiger partial charge < -0.3 is 0 Å². The maximum atomic E-state index is 2.51. The lowest BCUT2D eigenvalue weighted by Crippen LogP contribution is -2.05. The highest BCUT2D eigenvalue weighted by molar-refractivity contribution is 14.2. The highest BCUT2D eigenvalue weighted by atomic mass is 127. The topological polar surface area (TPSA) is 0 Å². The lowest BCUT2D eigenvalue weighted by atomic mass is 10.4. The summed E-state index contributed by atoms with van der Waals surface area (Å²) < 4.78 is 2.93. The molecule has 0 aliphatic carbocycles. The Bertz CT molecular complexity index is 54.0. The minimum absolute atomic E-state index is 0.792. The van der Waals surface area contributed by atoms with Crippen LogP contribution < -0.4 is 0 Å². The van der Waals surface area contributed by atoms with E-state index in [1.807, 2.05) is 0 Å². The normalized spacial score (nSPS) is 14.6. The molecule has 0 N–H and O–H groups in total. The van der Waals surface area contributed by atoms with Gasteiger partial charge in [0, 0.05) is 8.35 Å². The third-order valence-corrected chi connectivity index (χ3v) is 7.11. The van der Waals surface area contributed by atoms with Crippen molar-refractivity contribution in [3.63, 3.8) is 0 Å². The first kappa shape index (κ1) is 10.9. The van der Waals surface area contributed by atoms with Gasteiger partial charge in [-0.1, -0.05) is 90.4 Å². The monoisotopic (exact) mass is 562 g/mol. The van der Waals surface area contributed by atoms with E-state index in [-0.39, 0.29) is 0 Å². The zero-order chi connectivity index (χ0) is 6.57. The second-order valence-corrected chi connectivity index (χ2v) is 9.07. The number of alkyl halides is 4. The molecule has 0 aromatic heterocycles. The Hall–Kier alpha value is 2.92. The number of hydrogen-bond acceptors (Lipinski definition) is 0. The molecule has 0 aliphatic heterocycles. The van der Waals surface area contributed by atoms with E-state index in [9.17, 15) is 0 Å². The molecule has 0 fully saturated rings. The van der Waals surface area contributed by atoms with Gasteiger partial charge in [0.05, 0.1) is 1.93 Å². The van der Waals surface area contributed by atoms with Crippen LogP contribution in [-0.2, 0) is 0 Å². The van der Waals surface area contributed by atoms with Crippen molar-refractivity contribution < 1.29 is 0 Å². The summed E-state index contributed by atoms with van der Waals surface area (Å²) in [4.78, 5) is 0. The van der Waals surface area contributed by atoms with Gasteiger partial charge in [0.25, 0.3) is 0 Å². The zero-order valence-electron chi connectivity index (χ0n) is 4.08. The highest BCUT2D eigenvalue weighted by Gasteiger charge is 2.09. The van der Waals surface area contributed by atoms with E-state index in [2.05, 4.69) is 90.4 Å². The summed E-state index contributed by atoms with van der Waals surface area (Å²) in [6.45, 7) is 0. The molecule has 0 saturated heterocycles. The number of hydrogen-bond donors (Lipinski definition) is 0. The molecule has 8 heavy (non-hydrogen) atoms. The number of rotatable bonds is 3. The van der Waals surface area contributed by atoms with Crippen LogP contribution in [0.3, 0.4) is 0 Å². The van der Waals surface area contributed by atoms with Gasteiger partial charge in [0.2, 0.25) is 0 Å². The summed E-state index contributed by atoms with van der Waals surface area (Å²) in [5.74, 6) is 0. The molecule has 0 aliphatic rings. The zero-order valence-corrected chi connectivity index (χ0v) is 12.7. The van der Waals surface area contributed by atoms with Gasteiger partial charge in [-0.3, -0.25) is 0 Å². The predicted octanol–water partition coefficient (Wildman–Crippen LogP) is 3.81. The molecular formula is C4H6I4. The van der Waals surface area contributed by atoms with E-state index < -0.39 is 0 Å². The predicted molar refractivity (Wildman–Crippen MR) is 73.1 cm³/mol. The molecule has 0 nitrogen and oxygen atoms in total. The van der Waals surface area contributed by atoms with Crippen LogP contribution in [0.1, 0.15) is 6.42 Å². The fraction of sp³-hybridized carbons (Fsp3) is 1.00. The van der Waals surface area contributed by atoms with Gasteiger partial charge in [-0.15, -0.1) is 0 Å². The second kappa shape index (κ2) is 6.62. The largest absolute Gasteiger partial charge is 0.0863 e. The first-order valence-corrected chi connectivity index (χ1v) is 7.43. The Kier molecular flexibility index (Phi) is 9.04. The van der Waals surface area contributed by atoms with E-state index in [1.165, 1.54) is 10.8 Å². The standard InChI is InChI=1S/C4H6I4/c5-2-1-3(6)4(7)8/h3-4H,1-2H2. The molecule has 0 amide bonds. The summed E-state index contributed by atoms with van der Waals surface area (Å²) in [5, 5.41) is 0. The fourth-order valence-corrected chi connectivity index (χ4v) is 3.12. The molecule has 0 radical (unpaired) electrons. The van der Waals surface area contributed by atoms with Crippen molar-refractivity contribution in [3.8, 4) is 0 Å². The Morgan fingerprint density at radius 1 is 1.12 bits per heavy atom. The van der Waals surface area contributed by atoms with E-state index in [1.54, 1.807) is 0 Å². The minimum atomic E-state index is 0.792. The van der Waals surface area contributed by atoms with Crippen LogP contribution in [0, 0.1) is 0 Å². The fourth-order valence-electron chi connectivity index (χ4n) is 0.230. The Balaban J connectivity index is 3.17. The van der Waals surface area contributed by atoms with Crippen LogP contribution in [0.2, 0.25) is 0 Å². The maximum absolute atomic E-state index is 2.51. The molecule has 1 unspecified atom stereocenters. The van der Waals surface area contributed by atoms with E-state index in [0.29, 0.717) is 0 Å². The van der Waals surface area contributed by atoms with Gasteiger partial charge in [-0.2, -0.15) is 0 Å². The first-order valence-electron chi connectivity index (χ1n) is 2.16. The third kappa shape index (κ3) is 5.69. The average Bonchev–Trinajstić information content (AvgIpc) is 1.67. The van der Waals surface area contributed by atoms with Crippen LogP contribution in [0.15, 0.2) is 0 Å². The van der Waals surface area contributed by atoms with Crippen molar-refractivity contribution >= 4 is 90.4 Å². The Labute approximate surface area is 105 Å². The van der Waals surface area contributed by atoms with Gasteiger partial charge in [-0.05, 0) is 6.42 Å². The molecule has 0 spiro atoms. The average molecular weight is 562 g/mol. The summed E-state index contributed by atoms with van der Waals surface area (Å²) >= 11 is 9.87. The SMILES string of the molecule is ICCC(I)C(I)I. The maximum Gasteiger partial charge on any atom is 0.0744 e. The van der Waals surface area contributed by atoms with Crippen LogP contribution in [-0.4, -0.2) is 10.3 Å². The number of halogens is 4. The van der Waals surface area contributed by atoms with E-state index in [0.717, 1.165) is 5.86 Å². The van der Waals surface area contributed by atoms with E-state index >= 15 is 0 Å². The van der Waals surface area contributed by atoms with Gasteiger partial charge in [0.1, 0.15) is 0 Å². The van der Waals surface area contributed by atoms with Gasteiger partial charge >= 0.3 is 0 Å². The lowest BCUT2D eigenvalue weighted by molar-refractivity contribution is 0.973. The summed E-state index contributed by atoms with van der Waals surface area (Å²) in [7, 11) is 0. The summed E-state index contributed by atoms with van der Waals surface area (Å²) in [6, 6.07) is 0. The van der Waals surface area contributed by atoms with Gasteiger partial charge in [-0.25, -0.2) is 0 Å². The molecule has 4 heteroatoms. The molecular weight excluding hydrogens is 556 g/mol. The highest BCUT2D eigenvalue weighted by Crippen LogP contribution is 2.24. The van der Waals surface area contributed by atoms with E-state index in [4.69, 9.17) is 0 Å². The molecule has 0 bridgehead atoms. The Morgan fingerprint density at radius 2 is 1.62 bits per heavy atom. The summed E-state index contributed by atoms with van der Waals surface area (Å²) in [5.41, 5.74) is 0. The van der Waals surface area contributed by atoms with Crippen LogP contribution in [0.5, 0.6) is 0 Å². The van der Waals surface area contributed by atoms with Crippen molar-refractivity contribution in [1.82, 2.24) is 0 Å². The molecule has 1 atom stereocenters. The van der Waals surface area contributed by atoms with Crippen molar-refractivity contribution in [2.75, 3.05) is 4.43 Å². The Morgan fingerprint density at radius 3 is 1.75 bits per heavy atom. The summed E-state index contributed by atoms with van der Waals surface area (Å²) in [6.07, 6.45) is 1.34. The van der Waals surface area contributed by atoms with Crippen LogP contribution >= 0.6 is 90.4 Å². The smallest absolute Gasteiger partial charge is 0.0744 e. The third-order valence-electron chi connectivity index (χ3n) is 0.658. The second-order valence-electron chi connectivity index (χ2n) is 1.33. The molecule has 0 rings (SSSR count). The van der Waals surface area contributed by atoms with Crippen LogP contribution in [0.25, 0.3) is 0 Å². The molecule has 0 heterocycles. The molecule has 0 saturated carbocycles. The molecule has 0 aromatic rings. The quantitative estimate of drug-likeness (QED) is 0.363. The molecule has 0 aromatic carbocycles. The van der Waals surface area contributed by atoms with Crippen molar-refractivity contribution in [1.29, 1.82) is 0 Å². The van der Waals surface area contributed by atoms with Crippen molar-refractivity contribution in [2.45, 2.75) is 12.3 Å². The first-order chi connectivity index (χ1) is 3.68. The lowest BCUT2D eigenvalue weighted by Gasteiger charge is -2.07. The van der Waals surface area contributed by atoms with Gasteiger partial charge in [0.15, 0.2) is 0 Å². The molecule has 50 valence electrons. The van der Waals surface area contributed by atoms with Crippen molar-refractivity contribution in [3.05, 3.63) is 0 Å². The van der Waals surface area contributed by atoms with Crippen molar-refractivity contribution in [2.24, 2.45) is 0 Å².